The van der Waals surface area contributed by atoms with Gasteiger partial charge in [-0.25, -0.2) is 14.6 Å². The Labute approximate surface area is 304 Å². The lowest BCUT2D eigenvalue weighted by Crippen LogP contribution is -2.48. The number of hydrogen-bond donors (Lipinski definition) is 4. The second-order valence-electron chi connectivity index (χ2n) is 13.6. The summed E-state index contributed by atoms with van der Waals surface area (Å²) >= 11 is 0. The number of nitrogens with zero attached hydrogens (tertiary/aromatic N) is 4. The van der Waals surface area contributed by atoms with Crippen LogP contribution in [-0.2, 0) is 50.5 Å². The van der Waals surface area contributed by atoms with Gasteiger partial charge in [-0.05, 0) is 73.2 Å². The van der Waals surface area contributed by atoms with Crippen LogP contribution < -0.4 is 16.0 Å². The van der Waals surface area contributed by atoms with Crippen LogP contribution in [0.5, 0.6) is 0 Å². The molecule has 0 radical (unpaired) electrons. The van der Waals surface area contributed by atoms with Crippen molar-refractivity contribution in [1.29, 1.82) is 0 Å². The largest absolute Gasteiger partial charge is 0.490 e. The van der Waals surface area contributed by atoms with Crippen molar-refractivity contribution in [3.05, 3.63) is 88.6 Å². The number of pyridine rings is 1. The van der Waals surface area contributed by atoms with Crippen molar-refractivity contribution in [3.63, 3.8) is 0 Å². The molecule has 1 atom stereocenters. The van der Waals surface area contributed by atoms with Crippen LogP contribution in [0.15, 0.2) is 60.8 Å². The Hall–Kier alpha value is -5.51. The third kappa shape index (κ3) is 8.76. The number of nitrogens with one attached hydrogen (secondary N) is 3. The standard InChI is InChI=1S/C35H41N7O4.C2HF3O2/c1-36-20-25-7-4-5-8-26(25)21-42(32(44)23-12-15-41(16-13-23)34(46)40(2)3)22-30(43)38-28-11-10-24-18-35(19-27(24)17-28)29-9-6-14-37-31(29)39-33(35)45;3-2(4,5)1(6)7/h4-11,14,17,23,36H,12-13,15-16,18-22H2,1-3H3,(H,38,43)(H,37,39,45);(H,6,7). The Balaban J connectivity index is 0.000000705. The molecule has 1 spiro atoms. The van der Waals surface area contributed by atoms with E-state index in [4.69, 9.17) is 9.90 Å². The molecule has 13 nitrogen and oxygen atoms in total. The third-order valence-corrected chi connectivity index (χ3v) is 9.70. The van der Waals surface area contributed by atoms with Gasteiger partial charge in [-0.15, -0.1) is 0 Å². The van der Waals surface area contributed by atoms with Crippen molar-refractivity contribution in [3.8, 4) is 0 Å². The molecule has 16 heteroatoms. The number of fused-ring (bicyclic) bond motifs is 3. The van der Waals surface area contributed by atoms with Gasteiger partial charge in [-0.1, -0.05) is 36.4 Å². The van der Waals surface area contributed by atoms with Gasteiger partial charge >= 0.3 is 18.2 Å². The van der Waals surface area contributed by atoms with Crippen molar-refractivity contribution in [2.45, 2.75) is 50.4 Å². The highest BCUT2D eigenvalue weighted by molar-refractivity contribution is 6.06. The molecule has 282 valence electrons. The highest BCUT2D eigenvalue weighted by Gasteiger charge is 2.51. The number of rotatable bonds is 8. The van der Waals surface area contributed by atoms with Crippen LogP contribution in [0.2, 0.25) is 0 Å². The van der Waals surface area contributed by atoms with Crippen molar-refractivity contribution in [2.75, 3.05) is 51.4 Å². The maximum atomic E-state index is 14.0. The first-order valence-electron chi connectivity index (χ1n) is 17.1. The number of urea groups is 1. The van der Waals surface area contributed by atoms with Gasteiger partial charge in [-0.2, -0.15) is 13.2 Å². The van der Waals surface area contributed by atoms with E-state index >= 15 is 0 Å². The van der Waals surface area contributed by atoms with Gasteiger partial charge in [0.15, 0.2) is 0 Å². The lowest BCUT2D eigenvalue weighted by Gasteiger charge is -2.35. The van der Waals surface area contributed by atoms with Crippen LogP contribution in [0.4, 0.5) is 29.5 Å². The minimum Gasteiger partial charge on any atom is -0.475 e. The van der Waals surface area contributed by atoms with Crippen molar-refractivity contribution >= 4 is 41.2 Å². The number of amides is 5. The van der Waals surface area contributed by atoms with E-state index in [0.717, 1.165) is 27.8 Å². The number of halogens is 3. The summed E-state index contributed by atoms with van der Waals surface area (Å²) in [6.07, 6.45) is -1.20. The molecular weight excluding hydrogens is 695 g/mol. The Morgan fingerprint density at radius 1 is 1.00 bits per heavy atom. The lowest BCUT2D eigenvalue weighted by atomic mass is 9.79. The van der Waals surface area contributed by atoms with Gasteiger partial charge in [0.05, 0.1) is 5.41 Å². The van der Waals surface area contributed by atoms with E-state index in [2.05, 4.69) is 20.9 Å². The molecule has 0 bridgehead atoms. The van der Waals surface area contributed by atoms with Crippen LogP contribution >= 0.6 is 0 Å². The van der Waals surface area contributed by atoms with Gasteiger partial charge in [0.2, 0.25) is 17.7 Å². The van der Waals surface area contributed by atoms with E-state index in [1.807, 2.05) is 61.6 Å². The molecular formula is C37H42F3N7O6. The molecule has 3 aliphatic rings. The minimum absolute atomic E-state index is 0.0485. The number of aromatic nitrogens is 1. The predicted molar refractivity (Wildman–Crippen MR) is 189 cm³/mol. The predicted octanol–water partition coefficient (Wildman–Crippen LogP) is 3.78. The molecule has 4 N–H and O–H groups in total. The zero-order valence-electron chi connectivity index (χ0n) is 29.6. The maximum absolute atomic E-state index is 14.0. The smallest absolute Gasteiger partial charge is 0.475 e. The molecule has 5 amide bonds. The molecule has 0 saturated carbocycles. The van der Waals surface area contributed by atoms with Crippen LogP contribution in [0, 0.1) is 5.92 Å². The van der Waals surface area contributed by atoms with Crippen LogP contribution in [0.1, 0.15) is 40.7 Å². The maximum Gasteiger partial charge on any atom is 0.490 e. The average Bonchev–Trinajstić information content (AvgIpc) is 3.64. The molecule has 1 aromatic heterocycles. The van der Waals surface area contributed by atoms with Crippen LogP contribution in [-0.4, -0.2) is 101 Å². The number of piperidine rings is 1. The Bertz CT molecular complexity index is 1880. The van der Waals surface area contributed by atoms with Crippen LogP contribution in [0.3, 0.4) is 0 Å². The number of alkyl halides is 3. The van der Waals surface area contributed by atoms with Gasteiger partial charge in [0.1, 0.15) is 12.4 Å². The summed E-state index contributed by atoms with van der Waals surface area (Å²) in [4.78, 5) is 71.3. The molecule has 1 saturated heterocycles. The second kappa shape index (κ2) is 16.0. The first-order chi connectivity index (χ1) is 25.1. The zero-order chi connectivity index (χ0) is 38.5. The van der Waals surface area contributed by atoms with E-state index < -0.39 is 17.6 Å². The zero-order valence-corrected chi connectivity index (χ0v) is 29.6. The molecule has 2 aliphatic heterocycles. The normalized spacial score (nSPS) is 17.6. The summed E-state index contributed by atoms with van der Waals surface area (Å²) in [6.45, 7) is 1.84. The topological polar surface area (TPSA) is 164 Å². The van der Waals surface area contributed by atoms with Crippen molar-refractivity contribution < 1.29 is 42.3 Å². The second-order valence-corrected chi connectivity index (χ2v) is 13.6. The summed E-state index contributed by atoms with van der Waals surface area (Å²) in [5, 5.41) is 16.3. The molecule has 6 rings (SSSR count). The van der Waals surface area contributed by atoms with E-state index in [0.29, 0.717) is 63.4 Å². The number of carbonyl (C=O) groups is 5. The summed E-state index contributed by atoms with van der Waals surface area (Å²) in [6, 6.07) is 17.5. The quantitative estimate of drug-likeness (QED) is 0.272. The fourth-order valence-corrected chi connectivity index (χ4v) is 7.07. The number of carboxylic acids is 1. The minimum atomic E-state index is -5.08. The van der Waals surface area contributed by atoms with Gasteiger partial charge in [-0.3, -0.25) is 14.4 Å². The number of hydrogen-bond acceptors (Lipinski definition) is 7. The molecule has 3 aromatic rings. The number of anilines is 2. The molecule has 1 unspecified atom stereocenters. The Kier molecular flexibility index (Phi) is 11.7. The number of likely N-dealkylation sites (tertiary alicyclic amines) is 1. The van der Waals surface area contributed by atoms with Crippen LogP contribution in [0.25, 0.3) is 0 Å². The monoisotopic (exact) mass is 737 g/mol. The van der Waals surface area contributed by atoms with E-state index in [9.17, 15) is 32.3 Å². The fraction of sp³-hybridized carbons (Fsp3) is 0.405. The van der Waals surface area contributed by atoms with Gasteiger partial charge in [0, 0.05) is 63.6 Å². The average molecular weight is 738 g/mol. The molecule has 2 aromatic carbocycles. The number of carboxylic acid groups (broad SMARTS) is 1. The van der Waals surface area contributed by atoms with Gasteiger partial charge in [0.25, 0.3) is 0 Å². The Morgan fingerprint density at radius 3 is 2.30 bits per heavy atom. The molecule has 1 aliphatic carbocycles. The fourth-order valence-electron chi connectivity index (χ4n) is 7.07. The first-order valence-corrected chi connectivity index (χ1v) is 17.1. The molecule has 1 fully saturated rings. The molecule has 53 heavy (non-hydrogen) atoms. The SMILES string of the molecule is CNCc1ccccc1CN(CC(=O)Nc1ccc2c(c1)CC1(C2)C(=O)Nc2ncccc21)C(=O)C1CCN(C(=O)N(C)C)CC1.O=C(O)C(F)(F)F. The van der Waals surface area contributed by atoms with E-state index in [1.54, 1.807) is 35.0 Å². The van der Waals surface area contributed by atoms with Crippen molar-refractivity contribution in [2.24, 2.45) is 5.92 Å². The number of carbonyl (C=O) groups excluding carboxylic acids is 4. The summed E-state index contributed by atoms with van der Waals surface area (Å²) in [5.41, 5.74) is 4.97. The van der Waals surface area contributed by atoms with Crippen molar-refractivity contribution in [1.82, 2.24) is 25.0 Å². The third-order valence-electron chi connectivity index (χ3n) is 9.70. The van der Waals surface area contributed by atoms with E-state index in [-0.39, 0.29) is 36.2 Å². The summed E-state index contributed by atoms with van der Waals surface area (Å²) in [5.74, 6) is -2.84. The van der Waals surface area contributed by atoms with Gasteiger partial charge < -0.3 is 35.8 Å². The number of aliphatic carboxylic acids is 1. The number of benzene rings is 2. The lowest BCUT2D eigenvalue weighted by molar-refractivity contribution is -0.192. The summed E-state index contributed by atoms with van der Waals surface area (Å²) < 4.78 is 31.7. The molecule has 3 heterocycles. The Morgan fingerprint density at radius 2 is 1.66 bits per heavy atom. The highest BCUT2D eigenvalue weighted by Crippen LogP contribution is 2.47. The first kappa shape index (κ1) is 38.7. The highest BCUT2D eigenvalue weighted by atomic mass is 19.4. The summed E-state index contributed by atoms with van der Waals surface area (Å²) in [7, 11) is 5.33. The van der Waals surface area contributed by atoms with E-state index in [1.165, 1.54) is 0 Å².